The van der Waals surface area contributed by atoms with Gasteiger partial charge in [0.15, 0.2) is 0 Å². The van der Waals surface area contributed by atoms with Crippen LogP contribution in [0.4, 0.5) is 5.95 Å². The first-order chi connectivity index (χ1) is 8.54. The van der Waals surface area contributed by atoms with Crippen LogP contribution in [0.1, 0.15) is 19.0 Å². The lowest BCUT2D eigenvalue weighted by atomic mass is 10.3. The van der Waals surface area contributed by atoms with Gasteiger partial charge in [0.2, 0.25) is 5.95 Å². The minimum absolute atomic E-state index is 0.0250. The van der Waals surface area contributed by atoms with Crippen LogP contribution in [0, 0.1) is 5.41 Å². The van der Waals surface area contributed by atoms with Gasteiger partial charge < -0.3 is 15.5 Å². The van der Waals surface area contributed by atoms with E-state index in [4.69, 9.17) is 11.1 Å². The molecule has 0 aromatic carbocycles. The molecule has 0 atom stereocenters. The van der Waals surface area contributed by atoms with E-state index in [-0.39, 0.29) is 5.84 Å². The van der Waals surface area contributed by atoms with Crippen molar-refractivity contribution in [3.63, 3.8) is 0 Å². The van der Waals surface area contributed by atoms with E-state index in [1.807, 2.05) is 0 Å². The molecular weight excluding hydrogens is 228 g/mol. The summed E-state index contributed by atoms with van der Waals surface area (Å²) < 4.78 is 0. The lowest BCUT2D eigenvalue weighted by molar-refractivity contribution is 0.400. The number of nitrogens with one attached hydrogen (secondary N) is 1. The van der Waals surface area contributed by atoms with Crippen molar-refractivity contribution in [2.75, 3.05) is 38.6 Å². The molecular formula is C12H22N6. The molecule has 0 fully saturated rings. The van der Waals surface area contributed by atoms with Crippen LogP contribution >= 0.6 is 0 Å². The highest BCUT2D eigenvalue weighted by Gasteiger charge is 2.09. The van der Waals surface area contributed by atoms with E-state index < -0.39 is 0 Å². The van der Waals surface area contributed by atoms with E-state index in [0.29, 0.717) is 11.6 Å². The number of nitrogen functional groups attached to an aromatic ring is 1. The van der Waals surface area contributed by atoms with Crippen LogP contribution < -0.4 is 10.6 Å². The van der Waals surface area contributed by atoms with E-state index in [1.165, 1.54) is 0 Å². The second kappa shape index (κ2) is 6.90. The topological polar surface area (TPSA) is 82.1 Å². The Labute approximate surface area is 108 Å². The molecule has 1 rings (SSSR count). The van der Waals surface area contributed by atoms with Crippen LogP contribution in [0.5, 0.6) is 0 Å². The van der Waals surface area contributed by atoms with Crippen LogP contribution in [-0.2, 0) is 0 Å². The highest BCUT2D eigenvalue weighted by Crippen LogP contribution is 2.07. The summed E-state index contributed by atoms with van der Waals surface area (Å²) in [6.45, 7) is 4.84. The molecule has 1 aromatic heterocycles. The molecule has 0 saturated carbocycles. The number of hydrogen-bond acceptors (Lipinski definition) is 5. The van der Waals surface area contributed by atoms with Crippen LogP contribution in [-0.4, -0.2) is 54.4 Å². The van der Waals surface area contributed by atoms with Gasteiger partial charge in [0.05, 0.1) is 0 Å². The third-order valence-corrected chi connectivity index (χ3v) is 2.62. The third-order valence-electron chi connectivity index (χ3n) is 2.62. The van der Waals surface area contributed by atoms with Gasteiger partial charge in [-0.2, -0.15) is 0 Å². The number of amidine groups is 1. The van der Waals surface area contributed by atoms with Gasteiger partial charge in [-0.1, -0.05) is 0 Å². The summed E-state index contributed by atoms with van der Waals surface area (Å²) >= 11 is 0. The molecule has 3 N–H and O–H groups in total. The highest BCUT2D eigenvalue weighted by atomic mass is 15.2. The lowest BCUT2D eigenvalue weighted by Crippen LogP contribution is -2.29. The fourth-order valence-corrected chi connectivity index (χ4v) is 1.63. The second-order valence-corrected chi connectivity index (χ2v) is 4.39. The van der Waals surface area contributed by atoms with Crippen LogP contribution in [0.3, 0.4) is 0 Å². The lowest BCUT2D eigenvalue weighted by Gasteiger charge is -2.21. The van der Waals surface area contributed by atoms with Gasteiger partial charge in [-0.15, -0.1) is 0 Å². The molecule has 0 spiro atoms. The fourth-order valence-electron chi connectivity index (χ4n) is 1.63. The van der Waals surface area contributed by atoms with Gasteiger partial charge in [0, 0.05) is 19.3 Å². The number of nitrogens with zero attached hydrogens (tertiary/aromatic N) is 4. The Balaban J connectivity index is 2.69. The SMILES string of the molecule is CCN(CCCN(C)C)c1nccc(C(=N)N)n1. The molecule has 18 heavy (non-hydrogen) atoms. The van der Waals surface area contributed by atoms with E-state index in [0.717, 1.165) is 26.1 Å². The van der Waals surface area contributed by atoms with Gasteiger partial charge in [-0.3, -0.25) is 5.41 Å². The molecule has 0 aliphatic rings. The molecule has 100 valence electrons. The summed E-state index contributed by atoms with van der Waals surface area (Å²) in [5.74, 6) is 0.618. The average molecular weight is 250 g/mol. The van der Waals surface area contributed by atoms with Crippen molar-refractivity contribution >= 4 is 11.8 Å². The molecule has 6 nitrogen and oxygen atoms in total. The number of rotatable bonds is 7. The summed E-state index contributed by atoms with van der Waals surface area (Å²) in [6, 6.07) is 1.65. The van der Waals surface area contributed by atoms with Crippen LogP contribution in [0.25, 0.3) is 0 Å². The molecule has 1 aromatic rings. The zero-order valence-electron chi connectivity index (χ0n) is 11.3. The molecule has 0 aliphatic heterocycles. The number of anilines is 1. The van der Waals surface area contributed by atoms with Gasteiger partial charge >= 0.3 is 0 Å². The molecule has 6 heteroatoms. The van der Waals surface area contributed by atoms with Crippen molar-refractivity contribution in [2.24, 2.45) is 5.73 Å². The quantitative estimate of drug-likeness (QED) is 0.545. The normalized spacial score (nSPS) is 10.7. The molecule has 0 aliphatic carbocycles. The Hall–Kier alpha value is -1.69. The number of nitrogens with two attached hydrogens (primary N) is 1. The summed E-state index contributed by atoms with van der Waals surface area (Å²) in [4.78, 5) is 12.8. The standard InChI is InChI=1S/C12H22N6/c1-4-18(9-5-8-17(2)3)12-15-7-6-10(16-12)11(13)14/h6-7H,4-5,8-9H2,1-3H3,(H3,13,14). The van der Waals surface area contributed by atoms with Gasteiger partial charge in [-0.25, -0.2) is 9.97 Å². The largest absolute Gasteiger partial charge is 0.382 e. The average Bonchev–Trinajstić information content (AvgIpc) is 2.34. The van der Waals surface area contributed by atoms with Gasteiger partial charge in [0.25, 0.3) is 0 Å². The maximum Gasteiger partial charge on any atom is 0.225 e. The first kappa shape index (κ1) is 14.4. The summed E-state index contributed by atoms with van der Waals surface area (Å²) in [6.07, 6.45) is 2.70. The zero-order valence-corrected chi connectivity index (χ0v) is 11.3. The van der Waals surface area contributed by atoms with E-state index in [2.05, 4.69) is 40.8 Å². The van der Waals surface area contributed by atoms with E-state index in [1.54, 1.807) is 12.3 Å². The molecule has 0 bridgehead atoms. The summed E-state index contributed by atoms with van der Waals surface area (Å²) in [5.41, 5.74) is 5.91. The van der Waals surface area contributed by atoms with Crippen molar-refractivity contribution in [3.05, 3.63) is 18.0 Å². The molecule has 0 unspecified atom stereocenters. The first-order valence-corrected chi connectivity index (χ1v) is 6.11. The van der Waals surface area contributed by atoms with E-state index >= 15 is 0 Å². The Morgan fingerprint density at radius 3 is 2.67 bits per heavy atom. The van der Waals surface area contributed by atoms with Crippen molar-refractivity contribution in [1.82, 2.24) is 14.9 Å². The first-order valence-electron chi connectivity index (χ1n) is 6.11. The monoisotopic (exact) mass is 250 g/mol. The third kappa shape index (κ3) is 4.29. The van der Waals surface area contributed by atoms with Crippen molar-refractivity contribution in [1.29, 1.82) is 5.41 Å². The van der Waals surface area contributed by atoms with Gasteiger partial charge in [0.1, 0.15) is 11.5 Å². The Morgan fingerprint density at radius 2 is 2.11 bits per heavy atom. The Morgan fingerprint density at radius 1 is 1.39 bits per heavy atom. The van der Waals surface area contributed by atoms with Crippen molar-refractivity contribution in [2.45, 2.75) is 13.3 Å². The van der Waals surface area contributed by atoms with Crippen molar-refractivity contribution < 1.29 is 0 Å². The van der Waals surface area contributed by atoms with E-state index in [9.17, 15) is 0 Å². The highest BCUT2D eigenvalue weighted by molar-refractivity contribution is 5.93. The molecule has 0 amide bonds. The number of aromatic nitrogens is 2. The van der Waals surface area contributed by atoms with Crippen molar-refractivity contribution in [3.8, 4) is 0 Å². The maximum atomic E-state index is 7.39. The van der Waals surface area contributed by atoms with Gasteiger partial charge in [-0.05, 0) is 40.1 Å². The maximum absolute atomic E-state index is 7.39. The Kier molecular flexibility index (Phi) is 5.51. The van der Waals surface area contributed by atoms with Crippen LogP contribution in [0.2, 0.25) is 0 Å². The molecule has 0 saturated heterocycles. The number of hydrogen-bond donors (Lipinski definition) is 2. The zero-order chi connectivity index (χ0) is 13.5. The molecule has 0 radical (unpaired) electrons. The molecule has 1 heterocycles. The fraction of sp³-hybridized carbons (Fsp3) is 0.583. The second-order valence-electron chi connectivity index (χ2n) is 4.39. The van der Waals surface area contributed by atoms with Crippen LogP contribution in [0.15, 0.2) is 12.3 Å². The smallest absolute Gasteiger partial charge is 0.225 e. The summed E-state index contributed by atoms with van der Waals surface area (Å²) in [5, 5.41) is 7.39. The predicted octanol–water partition coefficient (Wildman–Crippen LogP) is 0.539. The minimum atomic E-state index is -0.0250. The summed E-state index contributed by atoms with van der Waals surface area (Å²) in [7, 11) is 4.12. The Bertz CT molecular complexity index is 390. The minimum Gasteiger partial charge on any atom is -0.382 e. The predicted molar refractivity (Wildman–Crippen MR) is 74.1 cm³/mol.